The Morgan fingerprint density at radius 1 is 0.957 bits per heavy atom. The van der Waals surface area contributed by atoms with Crippen molar-refractivity contribution in [3.05, 3.63) is 60.2 Å². The van der Waals surface area contributed by atoms with E-state index in [9.17, 15) is 9.59 Å². The second-order valence-electron chi connectivity index (χ2n) is 6.14. The van der Waals surface area contributed by atoms with Crippen LogP contribution in [0.25, 0.3) is 11.1 Å². The Labute approximate surface area is 135 Å². The summed E-state index contributed by atoms with van der Waals surface area (Å²) in [6.07, 6.45) is 0. The van der Waals surface area contributed by atoms with Crippen molar-refractivity contribution in [1.29, 1.82) is 0 Å². The molecule has 2 aromatic rings. The van der Waals surface area contributed by atoms with Crippen molar-refractivity contribution in [3.8, 4) is 11.1 Å². The minimum Gasteiger partial charge on any atom is -0.369 e. The highest BCUT2D eigenvalue weighted by atomic mass is 16.2. The van der Waals surface area contributed by atoms with Crippen LogP contribution in [0.3, 0.4) is 0 Å². The Morgan fingerprint density at radius 2 is 1.57 bits per heavy atom. The Balaban J connectivity index is 1.75. The van der Waals surface area contributed by atoms with Gasteiger partial charge in [0.2, 0.25) is 5.91 Å². The van der Waals surface area contributed by atoms with Gasteiger partial charge in [-0.15, -0.1) is 0 Å². The van der Waals surface area contributed by atoms with Crippen LogP contribution in [-0.2, 0) is 4.79 Å². The largest absolute Gasteiger partial charge is 0.369 e. The van der Waals surface area contributed by atoms with Gasteiger partial charge in [-0.3, -0.25) is 9.59 Å². The molecule has 2 amide bonds. The number of hydrogen-bond acceptors (Lipinski definition) is 2. The minimum absolute atomic E-state index is 0.0415. The molecular formula is C19H20N2O2. The standard InChI is InChI=1S/C19H20N2O2/c1-13-11-21(12-17(13)18(20)22)19(23)16-9-7-15(8-10-16)14-5-3-2-4-6-14/h2-10,13,17H,11-12H2,1H3,(H2,20,22)/t13-,17-/m1/s1. The SMILES string of the molecule is C[C@@H]1CN(C(=O)c2ccc(-c3ccccc3)cc2)C[C@H]1C(N)=O. The maximum absolute atomic E-state index is 12.6. The van der Waals surface area contributed by atoms with Crippen molar-refractivity contribution in [2.24, 2.45) is 17.6 Å². The third-order valence-electron chi connectivity index (χ3n) is 4.50. The van der Waals surface area contributed by atoms with Crippen LogP contribution < -0.4 is 5.73 Å². The van der Waals surface area contributed by atoms with Crippen LogP contribution in [0.15, 0.2) is 54.6 Å². The second-order valence-corrected chi connectivity index (χ2v) is 6.14. The number of rotatable bonds is 3. The summed E-state index contributed by atoms with van der Waals surface area (Å²) in [6, 6.07) is 17.6. The molecule has 0 bridgehead atoms. The molecule has 2 N–H and O–H groups in total. The molecule has 4 nitrogen and oxygen atoms in total. The van der Waals surface area contributed by atoms with Gasteiger partial charge in [-0.25, -0.2) is 0 Å². The molecule has 4 heteroatoms. The zero-order valence-electron chi connectivity index (χ0n) is 13.1. The smallest absolute Gasteiger partial charge is 0.253 e. The van der Waals surface area contributed by atoms with Crippen LogP contribution in [0.1, 0.15) is 17.3 Å². The monoisotopic (exact) mass is 308 g/mol. The van der Waals surface area contributed by atoms with E-state index in [1.165, 1.54) is 0 Å². The molecule has 0 aliphatic carbocycles. The summed E-state index contributed by atoms with van der Waals surface area (Å²) < 4.78 is 0. The summed E-state index contributed by atoms with van der Waals surface area (Å²) in [5.41, 5.74) is 8.23. The highest BCUT2D eigenvalue weighted by molar-refractivity contribution is 5.95. The third-order valence-corrected chi connectivity index (χ3v) is 4.50. The average Bonchev–Trinajstić information content (AvgIpc) is 2.97. The van der Waals surface area contributed by atoms with Crippen molar-refractivity contribution in [3.63, 3.8) is 0 Å². The molecule has 2 aromatic carbocycles. The van der Waals surface area contributed by atoms with Gasteiger partial charge in [0.1, 0.15) is 0 Å². The first-order valence-corrected chi connectivity index (χ1v) is 7.80. The number of carbonyl (C=O) groups is 2. The van der Waals surface area contributed by atoms with Gasteiger partial charge in [0.05, 0.1) is 5.92 Å². The maximum Gasteiger partial charge on any atom is 0.253 e. The van der Waals surface area contributed by atoms with Gasteiger partial charge >= 0.3 is 0 Å². The fourth-order valence-corrected chi connectivity index (χ4v) is 3.12. The van der Waals surface area contributed by atoms with E-state index in [1.807, 2.05) is 61.5 Å². The van der Waals surface area contributed by atoms with E-state index in [2.05, 4.69) is 0 Å². The van der Waals surface area contributed by atoms with E-state index in [0.717, 1.165) is 11.1 Å². The van der Waals surface area contributed by atoms with Gasteiger partial charge in [0.25, 0.3) is 5.91 Å². The first-order valence-electron chi connectivity index (χ1n) is 7.80. The molecule has 23 heavy (non-hydrogen) atoms. The lowest BCUT2D eigenvalue weighted by Crippen LogP contribution is -2.31. The summed E-state index contributed by atoms with van der Waals surface area (Å²) in [4.78, 5) is 25.7. The van der Waals surface area contributed by atoms with Gasteiger partial charge in [0.15, 0.2) is 0 Å². The predicted molar refractivity (Wildman–Crippen MR) is 89.6 cm³/mol. The van der Waals surface area contributed by atoms with E-state index in [4.69, 9.17) is 5.73 Å². The average molecular weight is 308 g/mol. The molecule has 2 atom stereocenters. The lowest BCUT2D eigenvalue weighted by atomic mass is 9.98. The van der Waals surface area contributed by atoms with Gasteiger partial charge in [-0.2, -0.15) is 0 Å². The number of nitrogens with two attached hydrogens (primary N) is 1. The molecule has 0 unspecified atom stereocenters. The number of primary amides is 1. The molecular weight excluding hydrogens is 288 g/mol. The number of benzene rings is 2. The Hall–Kier alpha value is -2.62. The van der Waals surface area contributed by atoms with Crippen LogP contribution in [0.2, 0.25) is 0 Å². The molecule has 3 rings (SSSR count). The quantitative estimate of drug-likeness (QED) is 0.947. The van der Waals surface area contributed by atoms with Crippen LogP contribution in [-0.4, -0.2) is 29.8 Å². The second kappa shape index (κ2) is 6.24. The molecule has 0 radical (unpaired) electrons. The van der Waals surface area contributed by atoms with Crippen molar-refractivity contribution >= 4 is 11.8 Å². The minimum atomic E-state index is -0.327. The fourth-order valence-electron chi connectivity index (χ4n) is 3.12. The summed E-state index contributed by atoms with van der Waals surface area (Å²) in [5, 5.41) is 0. The molecule has 1 heterocycles. The van der Waals surface area contributed by atoms with E-state index in [-0.39, 0.29) is 23.7 Å². The van der Waals surface area contributed by atoms with Crippen LogP contribution in [0.5, 0.6) is 0 Å². The van der Waals surface area contributed by atoms with Gasteiger partial charge in [-0.05, 0) is 29.2 Å². The first kappa shape index (κ1) is 15.3. The number of carbonyl (C=O) groups excluding carboxylic acids is 2. The molecule has 1 saturated heterocycles. The van der Waals surface area contributed by atoms with E-state index < -0.39 is 0 Å². The fraction of sp³-hybridized carbons (Fsp3) is 0.263. The summed E-state index contributed by atoms with van der Waals surface area (Å²) in [6.45, 7) is 2.95. The zero-order chi connectivity index (χ0) is 16.4. The summed E-state index contributed by atoms with van der Waals surface area (Å²) >= 11 is 0. The molecule has 1 fully saturated rings. The molecule has 118 valence electrons. The first-order chi connectivity index (χ1) is 11.1. The van der Waals surface area contributed by atoms with Crippen LogP contribution >= 0.6 is 0 Å². The normalized spacial score (nSPS) is 20.5. The van der Waals surface area contributed by atoms with Crippen LogP contribution in [0, 0.1) is 11.8 Å². The number of likely N-dealkylation sites (tertiary alicyclic amines) is 1. The number of amides is 2. The number of nitrogens with zero attached hydrogens (tertiary/aromatic N) is 1. The molecule has 1 aliphatic heterocycles. The Morgan fingerprint density at radius 3 is 2.13 bits per heavy atom. The van der Waals surface area contributed by atoms with E-state index in [1.54, 1.807) is 4.90 Å². The summed E-state index contributed by atoms with van der Waals surface area (Å²) in [5.74, 6) is -0.505. The zero-order valence-corrected chi connectivity index (χ0v) is 13.1. The van der Waals surface area contributed by atoms with Crippen molar-refractivity contribution in [1.82, 2.24) is 4.90 Å². The highest BCUT2D eigenvalue weighted by Gasteiger charge is 2.35. The molecule has 1 aliphatic rings. The lowest BCUT2D eigenvalue weighted by Gasteiger charge is -2.16. The van der Waals surface area contributed by atoms with Gasteiger partial charge in [-0.1, -0.05) is 49.4 Å². The van der Waals surface area contributed by atoms with E-state index in [0.29, 0.717) is 18.7 Å². The lowest BCUT2D eigenvalue weighted by molar-refractivity contribution is -0.122. The third kappa shape index (κ3) is 3.11. The number of hydrogen-bond donors (Lipinski definition) is 1. The summed E-state index contributed by atoms with van der Waals surface area (Å²) in [7, 11) is 0. The van der Waals surface area contributed by atoms with Crippen molar-refractivity contribution < 1.29 is 9.59 Å². The predicted octanol–water partition coefficient (Wildman–Crippen LogP) is 2.55. The van der Waals surface area contributed by atoms with Gasteiger partial charge in [0, 0.05) is 18.7 Å². The van der Waals surface area contributed by atoms with Crippen molar-refractivity contribution in [2.45, 2.75) is 6.92 Å². The molecule has 0 saturated carbocycles. The van der Waals surface area contributed by atoms with Crippen molar-refractivity contribution in [2.75, 3.05) is 13.1 Å². The molecule has 0 spiro atoms. The highest BCUT2D eigenvalue weighted by Crippen LogP contribution is 2.25. The maximum atomic E-state index is 12.6. The van der Waals surface area contributed by atoms with Crippen LogP contribution in [0.4, 0.5) is 0 Å². The van der Waals surface area contributed by atoms with E-state index >= 15 is 0 Å². The Kier molecular flexibility index (Phi) is 4.15. The van der Waals surface area contributed by atoms with Gasteiger partial charge < -0.3 is 10.6 Å². The Bertz CT molecular complexity index is 710. The molecule has 0 aromatic heterocycles. The topological polar surface area (TPSA) is 63.4 Å².